The van der Waals surface area contributed by atoms with Gasteiger partial charge in [0, 0.05) is 19.1 Å². The van der Waals surface area contributed by atoms with Crippen LogP contribution in [0.15, 0.2) is 0 Å². The Kier molecular flexibility index (Phi) is 3.46. The van der Waals surface area contributed by atoms with Gasteiger partial charge in [-0.25, -0.2) is 4.79 Å². The van der Waals surface area contributed by atoms with E-state index in [9.17, 15) is 4.79 Å². The van der Waals surface area contributed by atoms with Gasteiger partial charge in [0.1, 0.15) is 0 Å². The van der Waals surface area contributed by atoms with Crippen LogP contribution in [-0.4, -0.2) is 43.8 Å². The monoisotopic (exact) mass is 212 g/mol. The molecule has 0 aromatic heterocycles. The number of likely N-dealkylation sites (tertiary alicyclic amines) is 1. The maximum atomic E-state index is 11.3. The summed E-state index contributed by atoms with van der Waals surface area (Å²) in [6.07, 6.45) is 4.81. The van der Waals surface area contributed by atoms with E-state index in [-0.39, 0.29) is 6.09 Å². The molecule has 0 bridgehead atoms. The highest BCUT2D eigenvalue weighted by atomic mass is 16.5. The van der Waals surface area contributed by atoms with Crippen molar-refractivity contribution in [3.05, 3.63) is 0 Å². The highest BCUT2D eigenvalue weighted by Crippen LogP contribution is 2.21. The number of hydrogen-bond acceptors (Lipinski definition) is 3. The van der Waals surface area contributed by atoms with Crippen molar-refractivity contribution in [3.63, 3.8) is 0 Å². The first-order chi connectivity index (χ1) is 7.29. The Hall–Kier alpha value is -0.770. The fraction of sp³-hybridized carbons (Fsp3) is 0.909. The van der Waals surface area contributed by atoms with Gasteiger partial charge in [-0.15, -0.1) is 0 Å². The number of carbonyl (C=O) groups is 1. The maximum absolute atomic E-state index is 11.3. The van der Waals surface area contributed by atoms with Crippen LogP contribution in [0.1, 0.15) is 25.7 Å². The van der Waals surface area contributed by atoms with Gasteiger partial charge in [-0.1, -0.05) is 0 Å². The maximum Gasteiger partial charge on any atom is 0.409 e. The second-order valence-corrected chi connectivity index (χ2v) is 4.61. The molecule has 1 unspecified atom stereocenters. The molecule has 0 radical (unpaired) electrons. The average molecular weight is 212 g/mol. The van der Waals surface area contributed by atoms with Crippen LogP contribution in [0.2, 0.25) is 0 Å². The molecular weight excluding hydrogens is 192 g/mol. The average Bonchev–Trinajstić information content (AvgIpc) is 3.09. The van der Waals surface area contributed by atoms with Crippen molar-refractivity contribution in [1.29, 1.82) is 0 Å². The Balaban J connectivity index is 1.72. The molecule has 2 fully saturated rings. The highest BCUT2D eigenvalue weighted by Gasteiger charge is 2.26. The lowest BCUT2D eigenvalue weighted by molar-refractivity contribution is 0.102. The van der Waals surface area contributed by atoms with Crippen molar-refractivity contribution < 1.29 is 9.53 Å². The molecule has 1 saturated carbocycles. The van der Waals surface area contributed by atoms with E-state index >= 15 is 0 Å². The molecule has 2 aliphatic rings. The molecule has 2 rings (SSSR count). The first-order valence-corrected chi connectivity index (χ1v) is 5.86. The summed E-state index contributed by atoms with van der Waals surface area (Å²) in [6, 6.07) is 0.763. The van der Waals surface area contributed by atoms with Crippen LogP contribution in [0.3, 0.4) is 0 Å². The van der Waals surface area contributed by atoms with Crippen molar-refractivity contribution in [1.82, 2.24) is 10.2 Å². The zero-order chi connectivity index (χ0) is 10.7. The first kappa shape index (κ1) is 10.7. The lowest BCUT2D eigenvalue weighted by atomic mass is 9.98. The van der Waals surface area contributed by atoms with Crippen LogP contribution in [0.25, 0.3) is 0 Å². The standard InChI is InChI=1S/C11H20N2O2/c1-15-11(14)13-6-2-3-9(8-13)7-12-10-4-5-10/h9-10,12H,2-8H2,1H3. The number of hydrogen-bond donors (Lipinski definition) is 1. The van der Waals surface area contributed by atoms with Gasteiger partial charge in [-0.3, -0.25) is 0 Å². The topological polar surface area (TPSA) is 41.6 Å². The van der Waals surface area contributed by atoms with Gasteiger partial charge in [0.2, 0.25) is 0 Å². The smallest absolute Gasteiger partial charge is 0.409 e. The van der Waals surface area contributed by atoms with E-state index < -0.39 is 0 Å². The van der Waals surface area contributed by atoms with Crippen molar-refractivity contribution in [2.24, 2.45) is 5.92 Å². The molecule has 86 valence electrons. The van der Waals surface area contributed by atoms with E-state index in [2.05, 4.69) is 5.32 Å². The minimum Gasteiger partial charge on any atom is -0.453 e. The summed E-state index contributed by atoms with van der Waals surface area (Å²) in [4.78, 5) is 13.2. The van der Waals surface area contributed by atoms with Gasteiger partial charge in [0.25, 0.3) is 0 Å². The zero-order valence-electron chi connectivity index (χ0n) is 9.37. The van der Waals surface area contributed by atoms with E-state index in [1.54, 1.807) is 0 Å². The molecule has 0 aromatic rings. The normalized spacial score (nSPS) is 26.5. The second kappa shape index (κ2) is 4.84. The third-order valence-corrected chi connectivity index (χ3v) is 3.22. The third-order valence-electron chi connectivity index (χ3n) is 3.22. The first-order valence-electron chi connectivity index (χ1n) is 5.86. The van der Waals surface area contributed by atoms with Crippen LogP contribution in [-0.2, 0) is 4.74 Å². The fourth-order valence-electron chi connectivity index (χ4n) is 2.15. The van der Waals surface area contributed by atoms with Crippen LogP contribution >= 0.6 is 0 Å². The van der Waals surface area contributed by atoms with E-state index in [1.807, 2.05) is 4.90 Å². The van der Waals surface area contributed by atoms with Gasteiger partial charge in [-0.2, -0.15) is 0 Å². The predicted octanol–water partition coefficient (Wildman–Crippen LogP) is 1.22. The quantitative estimate of drug-likeness (QED) is 0.764. The summed E-state index contributed by atoms with van der Waals surface area (Å²) in [6.45, 7) is 2.76. The molecule has 1 saturated heterocycles. The summed E-state index contributed by atoms with van der Waals surface area (Å²) in [7, 11) is 1.45. The number of carbonyl (C=O) groups excluding carboxylic acids is 1. The number of nitrogens with one attached hydrogen (secondary N) is 1. The number of piperidine rings is 1. The molecule has 4 nitrogen and oxygen atoms in total. The largest absolute Gasteiger partial charge is 0.453 e. The molecular formula is C11H20N2O2. The Morgan fingerprint density at radius 3 is 2.93 bits per heavy atom. The summed E-state index contributed by atoms with van der Waals surface area (Å²) in [5.74, 6) is 0.610. The van der Waals surface area contributed by atoms with Gasteiger partial charge in [-0.05, 0) is 38.1 Å². The highest BCUT2D eigenvalue weighted by molar-refractivity contribution is 5.67. The predicted molar refractivity (Wildman–Crippen MR) is 57.7 cm³/mol. The Bertz CT molecular complexity index is 229. The van der Waals surface area contributed by atoms with Crippen molar-refractivity contribution in [2.75, 3.05) is 26.7 Å². The number of amides is 1. The van der Waals surface area contributed by atoms with Crippen LogP contribution in [0, 0.1) is 5.92 Å². The minimum absolute atomic E-state index is 0.175. The van der Waals surface area contributed by atoms with Gasteiger partial charge < -0.3 is 15.0 Å². The van der Waals surface area contributed by atoms with Gasteiger partial charge >= 0.3 is 6.09 Å². The summed E-state index contributed by atoms with van der Waals surface area (Å²) < 4.78 is 4.74. The fourth-order valence-corrected chi connectivity index (χ4v) is 2.15. The SMILES string of the molecule is COC(=O)N1CCCC(CNC2CC2)C1. The van der Waals surface area contributed by atoms with Gasteiger partial charge in [0.15, 0.2) is 0 Å². The van der Waals surface area contributed by atoms with Crippen LogP contribution in [0.4, 0.5) is 4.79 Å². The van der Waals surface area contributed by atoms with Crippen LogP contribution < -0.4 is 5.32 Å². The molecule has 1 amide bonds. The Labute approximate surface area is 91.0 Å². The van der Waals surface area contributed by atoms with Crippen molar-refractivity contribution in [2.45, 2.75) is 31.7 Å². The molecule has 15 heavy (non-hydrogen) atoms. The molecule has 4 heteroatoms. The molecule has 1 N–H and O–H groups in total. The Morgan fingerprint density at radius 2 is 2.27 bits per heavy atom. The van der Waals surface area contributed by atoms with E-state index in [1.165, 1.54) is 26.4 Å². The molecule has 1 atom stereocenters. The second-order valence-electron chi connectivity index (χ2n) is 4.61. The summed E-state index contributed by atoms with van der Waals surface area (Å²) >= 11 is 0. The van der Waals surface area contributed by atoms with E-state index in [0.717, 1.165) is 32.1 Å². The molecule has 1 aliphatic heterocycles. The molecule has 0 spiro atoms. The lowest BCUT2D eigenvalue weighted by Crippen LogP contribution is -2.43. The van der Waals surface area contributed by atoms with Crippen molar-refractivity contribution >= 4 is 6.09 Å². The molecule has 0 aromatic carbocycles. The number of rotatable bonds is 3. The number of methoxy groups -OCH3 is 1. The lowest BCUT2D eigenvalue weighted by Gasteiger charge is -2.31. The minimum atomic E-state index is -0.175. The molecule has 1 aliphatic carbocycles. The number of nitrogens with zero attached hydrogens (tertiary/aromatic N) is 1. The van der Waals surface area contributed by atoms with E-state index in [4.69, 9.17) is 4.74 Å². The number of ether oxygens (including phenoxy) is 1. The zero-order valence-corrected chi connectivity index (χ0v) is 9.37. The summed E-state index contributed by atoms with van der Waals surface area (Å²) in [5, 5.41) is 3.53. The van der Waals surface area contributed by atoms with Crippen molar-refractivity contribution in [3.8, 4) is 0 Å². The summed E-state index contributed by atoms with van der Waals surface area (Å²) in [5.41, 5.74) is 0. The third kappa shape index (κ3) is 3.09. The molecule has 1 heterocycles. The van der Waals surface area contributed by atoms with Crippen LogP contribution in [0.5, 0.6) is 0 Å². The Morgan fingerprint density at radius 1 is 1.47 bits per heavy atom. The van der Waals surface area contributed by atoms with E-state index in [0.29, 0.717) is 5.92 Å². The van der Waals surface area contributed by atoms with Gasteiger partial charge in [0.05, 0.1) is 7.11 Å².